The van der Waals surface area contributed by atoms with E-state index in [0.29, 0.717) is 10.6 Å². The highest BCUT2D eigenvalue weighted by atomic mass is 35.5. The molecule has 41 heavy (non-hydrogen) atoms. The van der Waals surface area contributed by atoms with Gasteiger partial charge in [-0.25, -0.2) is 9.59 Å². The summed E-state index contributed by atoms with van der Waals surface area (Å²) in [6.07, 6.45) is 0. The lowest BCUT2D eigenvalue weighted by Gasteiger charge is -2.49. The molecule has 216 valence electrons. The summed E-state index contributed by atoms with van der Waals surface area (Å²) < 4.78 is 4.93. The second kappa shape index (κ2) is 13.5. The molecule has 4 rings (SSSR count). The third-order valence-electron chi connectivity index (χ3n) is 6.09. The minimum Gasteiger partial charge on any atom is -0.477 e. The molecule has 2 aromatic rings. The highest BCUT2D eigenvalue weighted by Crippen LogP contribution is 2.40. The molecule has 1 saturated heterocycles. The van der Waals surface area contributed by atoms with Crippen LogP contribution in [0.4, 0.5) is 4.79 Å². The van der Waals surface area contributed by atoms with Crippen LogP contribution >= 0.6 is 23.4 Å². The van der Waals surface area contributed by atoms with Gasteiger partial charge < -0.3 is 20.5 Å². The number of carboxylic acids is 1. The maximum atomic E-state index is 13.0. The molecular formula is C27H27ClN4O8S. The van der Waals surface area contributed by atoms with Crippen molar-refractivity contribution in [2.24, 2.45) is 0 Å². The van der Waals surface area contributed by atoms with Crippen LogP contribution in [0.3, 0.4) is 0 Å². The van der Waals surface area contributed by atoms with Crippen LogP contribution in [0.2, 0.25) is 5.02 Å². The minimum absolute atomic E-state index is 0.0565. The molecule has 3 N–H and O–H groups in total. The van der Waals surface area contributed by atoms with Gasteiger partial charge in [0, 0.05) is 29.8 Å². The monoisotopic (exact) mass is 602 g/mol. The van der Waals surface area contributed by atoms with Crippen LogP contribution in [-0.2, 0) is 41.9 Å². The first-order chi connectivity index (χ1) is 19.6. The summed E-state index contributed by atoms with van der Waals surface area (Å²) in [5.41, 5.74) is 1.52. The maximum absolute atomic E-state index is 13.0. The van der Waals surface area contributed by atoms with Crippen LogP contribution in [0.25, 0.3) is 0 Å². The molecule has 1 fully saturated rings. The van der Waals surface area contributed by atoms with Gasteiger partial charge in [0.05, 0.1) is 0 Å². The molecule has 0 bridgehead atoms. The third-order valence-corrected chi connectivity index (χ3v) is 7.67. The Labute approximate surface area is 244 Å². The second-order valence-electron chi connectivity index (χ2n) is 9.08. The maximum Gasteiger partial charge on any atom is 0.352 e. The van der Waals surface area contributed by atoms with Crippen LogP contribution in [0.5, 0.6) is 0 Å². The summed E-state index contributed by atoms with van der Waals surface area (Å²) in [5.74, 6) is -3.05. The molecule has 2 heterocycles. The van der Waals surface area contributed by atoms with Crippen molar-refractivity contribution >= 4 is 53.1 Å². The number of hydrogen-bond acceptors (Lipinski definition) is 8. The number of β-lactam (4-membered cyclic amide) rings is 1. The third kappa shape index (κ3) is 7.57. The van der Waals surface area contributed by atoms with Crippen LogP contribution in [0, 0.1) is 0 Å². The van der Waals surface area contributed by atoms with Crippen molar-refractivity contribution in [2.45, 2.75) is 31.5 Å². The van der Waals surface area contributed by atoms with E-state index in [2.05, 4.69) is 10.6 Å². The Bertz CT molecular complexity index is 1370. The number of fused-ring (bicyclic) bond motifs is 1. The van der Waals surface area contributed by atoms with Crippen molar-refractivity contribution in [1.29, 1.82) is 0 Å². The molecule has 0 aliphatic carbocycles. The van der Waals surface area contributed by atoms with Gasteiger partial charge in [-0.1, -0.05) is 54.1 Å². The zero-order valence-electron chi connectivity index (χ0n) is 21.9. The molecule has 0 radical (unpaired) electrons. The fourth-order valence-electron chi connectivity index (χ4n) is 4.15. The molecule has 2 aromatic carbocycles. The number of halogens is 1. The van der Waals surface area contributed by atoms with Crippen molar-refractivity contribution in [3.63, 3.8) is 0 Å². The number of hydroxylamine groups is 2. The number of carbonyl (C=O) groups excluding carboxylic acids is 4. The summed E-state index contributed by atoms with van der Waals surface area (Å²) in [6.45, 7) is 0.534. The molecule has 2 aliphatic heterocycles. The molecule has 4 amide bonds. The Hall–Kier alpha value is -4.07. The highest BCUT2D eigenvalue weighted by Gasteiger charge is 2.54. The number of carbonyl (C=O) groups is 5. The number of esters is 1. The van der Waals surface area contributed by atoms with Gasteiger partial charge in [-0.05, 0) is 23.3 Å². The van der Waals surface area contributed by atoms with Gasteiger partial charge in [0.15, 0.2) is 0 Å². The normalized spacial score (nSPS) is 17.7. The second-order valence-corrected chi connectivity index (χ2v) is 10.6. The highest BCUT2D eigenvalue weighted by molar-refractivity contribution is 8.00. The van der Waals surface area contributed by atoms with E-state index < -0.39 is 47.7 Å². The average Bonchev–Trinajstić information content (AvgIpc) is 2.95. The van der Waals surface area contributed by atoms with Gasteiger partial charge in [-0.2, -0.15) is 5.06 Å². The fraction of sp³-hybridized carbons (Fsp3) is 0.296. The number of amides is 4. The van der Waals surface area contributed by atoms with Gasteiger partial charge in [0.25, 0.3) is 5.91 Å². The number of benzene rings is 2. The number of carboxylic acid groups (broad SMARTS) is 1. The summed E-state index contributed by atoms with van der Waals surface area (Å²) in [5, 5.41) is 15.6. The lowest BCUT2D eigenvalue weighted by Crippen LogP contribution is -2.71. The zero-order chi connectivity index (χ0) is 29.5. The molecule has 2 aliphatic rings. The lowest BCUT2D eigenvalue weighted by atomic mass is 10.0. The van der Waals surface area contributed by atoms with Crippen molar-refractivity contribution in [3.8, 4) is 0 Å². The van der Waals surface area contributed by atoms with E-state index in [1.165, 1.54) is 18.7 Å². The first kappa shape index (κ1) is 29.9. The topological polar surface area (TPSA) is 155 Å². The Morgan fingerprint density at radius 3 is 2.51 bits per heavy atom. The number of ether oxygens (including phenoxy) is 1. The number of thioether (sulfide) groups is 1. The molecular weight excluding hydrogens is 576 g/mol. The van der Waals surface area contributed by atoms with E-state index >= 15 is 0 Å². The van der Waals surface area contributed by atoms with Crippen LogP contribution in [0.1, 0.15) is 18.1 Å². The average molecular weight is 603 g/mol. The largest absolute Gasteiger partial charge is 0.477 e. The SMILES string of the molecule is CC(=O)OCC1=C(C(=O)O)N2C(=O)[C@@H](NC(=O)CN(OCc3cccc(Cl)c3)C(=O)NCc3ccccc3)C2SC1. The first-order valence-corrected chi connectivity index (χ1v) is 13.9. The summed E-state index contributed by atoms with van der Waals surface area (Å²) >= 11 is 7.26. The Balaban J connectivity index is 1.41. The number of rotatable bonds is 11. The van der Waals surface area contributed by atoms with Gasteiger partial charge >= 0.3 is 18.0 Å². The predicted octanol–water partition coefficient (Wildman–Crippen LogP) is 2.29. The first-order valence-electron chi connectivity index (χ1n) is 12.4. The Morgan fingerprint density at radius 2 is 1.83 bits per heavy atom. The van der Waals surface area contributed by atoms with Crippen molar-refractivity contribution in [1.82, 2.24) is 20.6 Å². The van der Waals surface area contributed by atoms with Crippen molar-refractivity contribution in [3.05, 3.63) is 82.0 Å². The van der Waals surface area contributed by atoms with E-state index in [1.54, 1.807) is 24.3 Å². The quantitative estimate of drug-likeness (QED) is 0.200. The van der Waals surface area contributed by atoms with Crippen LogP contribution in [0.15, 0.2) is 65.9 Å². The summed E-state index contributed by atoms with van der Waals surface area (Å²) in [7, 11) is 0. The number of urea groups is 1. The van der Waals surface area contributed by atoms with Gasteiger partial charge in [0.2, 0.25) is 5.91 Å². The Kier molecular flexibility index (Phi) is 9.86. The number of aliphatic carboxylic acids is 1. The summed E-state index contributed by atoms with van der Waals surface area (Å²) in [6, 6.07) is 14.3. The van der Waals surface area contributed by atoms with E-state index in [9.17, 15) is 29.1 Å². The number of hydrogen-bond donors (Lipinski definition) is 3. The van der Waals surface area contributed by atoms with E-state index in [-0.39, 0.29) is 36.8 Å². The molecule has 0 spiro atoms. The van der Waals surface area contributed by atoms with E-state index in [1.807, 2.05) is 30.3 Å². The smallest absolute Gasteiger partial charge is 0.352 e. The van der Waals surface area contributed by atoms with Gasteiger partial charge in [-0.3, -0.25) is 24.1 Å². The number of nitrogens with zero attached hydrogens (tertiary/aromatic N) is 2. The van der Waals surface area contributed by atoms with Crippen LogP contribution < -0.4 is 10.6 Å². The lowest BCUT2D eigenvalue weighted by molar-refractivity contribution is -0.156. The standard InChI is InChI=1S/C27H27ClN4O8S/c1-16(33)39-14-19-15-41-25-22(24(35)32(25)23(19)26(36)37)30-21(34)12-31(40-13-18-8-5-9-20(28)10-18)27(38)29-11-17-6-3-2-4-7-17/h2-10,22,25H,11-15H2,1H3,(H,29,38)(H,30,34)(H,36,37)/t22-,25?/m1/s1. The fourth-order valence-corrected chi connectivity index (χ4v) is 5.69. The predicted molar refractivity (Wildman–Crippen MR) is 148 cm³/mol. The minimum atomic E-state index is -1.34. The van der Waals surface area contributed by atoms with Crippen molar-refractivity contribution < 1.29 is 38.7 Å². The zero-order valence-corrected chi connectivity index (χ0v) is 23.4. The van der Waals surface area contributed by atoms with Gasteiger partial charge in [0.1, 0.15) is 36.9 Å². The molecule has 12 nitrogen and oxygen atoms in total. The molecule has 0 saturated carbocycles. The van der Waals surface area contributed by atoms with Crippen molar-refractivity contribution in [2.75, 3.05) is 18.9 Å². The molecule has 1 unspecified atom stereocenters. The molecule has 0 aromatic heterocycles. The van der Waals surface area contributed by atoms with Crippen LogP contribution in [-0.4, -0.2) is 75.2 Å². The molecule has 14 heteroatoms. The van der Waals surface area contributed by atoms with E-state index in [0.717, 1.165) is 15.5 Å². The molecule has 2 atom stereocenters. The Morgan fingerprint density at radius 1 is 1.10 bits per heavy atom. The number of nitrogens with one attached hydrogen (secondary N) is 2. The van der Waals surface area contributed by atoms with E-state index in [4.69, 9.17) is 21.2 Å². The summed E-state index contributed by atoms with van der Waals surface area (Å²) in [4.78, 5) is 68.7. The van der Waals surface area contributed by atoms with Gasteiger partial charge in [-0.15, -0.1) is 11.8 Å².